The Hall–Kier alpha value is -3.36. The Labute approximate surface area is 197 Å². The number of anilines is 3. The van der Waals surface area contributed by atoms with Gasteiger partial charge in [0.15, 0.2) is 0 Å². The van der Waals surface area contributed by atoms with Crippen molar-refractivity contribution in [2.24, 2.45) is 7.05 Å². The van der Waals surface area contributed by atoms with Gasteiger partial charge in [0.2, 0.25) is 5.95 Å². The molecule has 7 nitrogen and oxygen atoms in total. The van der Waals surface area contributed by atoms with E-state index in [1.165, 1.54) is 0 Å². The topological polar surface area (TPSA) is 88.1 Å². The Kier molecular flexibility index (Phi) is 6.16. The molecule has 1 aromatic heterocycles. The van der Waals surface area contributed by atoms with E-state index in [0.717, 1.165) is 9.99 Å². The summed E-state index contributed by atoms with van der Waals surface area (Å²) in [6.45, 7) is 0. The minimum absolute atomic E-state index is 0.213. The second-order valence-corrected chi connectivity index (χ2v) is 8.38. The molecule has 162 valence electrons. The quantitative estimate of drug-likeness (QED) is 0.337. The molecule has 4 rings (SSSR count). The molecule has 0 atom stereocenters. The van der Waals surface area contributed by atoms with Crippen LogP contribution in [-0.2, 0) is 7.05 Å². The predicted octanol–water partition coefficient (Wildman–Crippen LogP) is 5.34. The predicted molar refractivity (Wildman–Crippen MR) is 131 cm³/mol. The first-order valence-corrected chi connectivity index (χ1v) is 10.8. The molecule has 0 saturated carbocycles. The lowest BCUT2D eigenvalue weighted by Gasteiger charge is -2.09. The number of hydrogen-bond donors (Lipinski definition) is 3. The number of benzene rings is 3. The number of aromatic nitrogens is 2. The summed E-state index contributed by atoms with van der Waals surface area (Å²) >= 11 is 9.73. The van der Waals surface area contributed by atoms with E-state index < -0.39 is 0 Å². The smallest absolute Gasteiger partial charge is 0.255 e. The fourth-order valence-electron chi connectivity index (χ4n) is 3.21. The molecule has 3 N–H and O–H groups in total. The fourth-order valence-corrected chi connectivity index (χ4v) is 3.70. The number of halogens is 2. The molecule has 0 aliphatic carbocycles. The number of aryl methyl sites for hydroxylation is 1. The van der Waals surface area contributed by atoms with Crippen molar-refractivity contribution >= 4 is 67.7 Å². The Morgan fingerprint density at radius 3 is 2.34 bits per heavy atom. The number of carbonyl (C=O) groups is 2. The standard InChI is InChI=1S/C23H19BrClN5O2/c1-26-21(31)13-3-9-18(17(25)11-13)28-23-29-19-12-14(4-10-20(19)30(23)2)22(32)27-16-7-5-15(24)6-8-16/h3-12H,1-2H3,(H,26,31)(H,27,32)(H,28,29). The molecule has 9 heteroatoms. The Morgan fingerprint density at radius 2 is 1.66 bits per heavy atom. The van der Waals surface area contributed by atoms with E-state index in [1.54, 1.807) is 37.4 Å². The Bertz CT molecular complexity index is 1330. The van der Waals surface area contributed by atoms with Gasteiger partial charge in [-0.05, 0) is 60.7 Å². The third-order valence-corrected chi connectivity index (χ3v) is 5.79. The zero-order valence-corrected chi connectivity index (χ0v) is 19.6. The largest absolute Gasteiger partial charge is 0.355 e. The van der Waals surface area contributed by atoms with Gasteiger partial charge in [0.25, 0.3) is 11.8 Å². The van der Waals surface area contributed by atoms with E-state index in [1.807, 2.05) is 41.9 Å². The van der Waals surface area contributed by atoms with Gasteiger partial charge in [0.05, 0.1) is 21.7 Å². The zero-order chi connectivity index (χ0) is 22.8. The van der Waals surface area contributed by atoms with Crippen LogP contribution in [0.1, 0.15) is 20.7 Å². The van der Waals surface area contributed by atoms with Crippen LogP contribution in [0.2, 0.25) is 5.02 Å². The highest BCUT2D eigenvalue weighted by atomic mass is 79.9. The molecule has 1 heterocycles. The maximum absolute atomic E-state index is 12.7. The SMILES string of the molecule is CNC(=O)c1ccc(Nc2nc3cc(C(=O)Nc4ccc(Br)cc4)ccc3n2C)c(Cl)c1. The number of nitrogens with zero attached hydrogens (tertiary/aromatic N) is 2. The molecule has 2 amide bonds. The first-order chi connectivity index (χ1) is 15.4. The monoisotopic (exact) mass is 511 g/mol. The number of rotatable bonds is 5. The van der Waals surface area contributed by atoms with E-state index in [0.29, 0.717) is 39.0 Å². The number of imidazole rings is 1. The first-order valence-electron chi connectivity index (χ1n) is 9.68. The van der Waals surface area contributed by atoms with Gasteiger partial charge >= 0.3 is 0 Å². The molecule has 0 saturated heterocycles. The van der Waals surface area contributed by atoms with Crippen LogP contribution in [-0.4, -0.2) is 28.4 Å². The summed E-state index contributed by atoms with van der Waals surface area (Å²) in [7, 11) is 3.43. The van der Waals surface area contributed by atoms with E-state index in [-0.39, 0.29) is 11.8 Å². The van der Waals surface area contributed by atoms with E-state index >= 15 is 0 Å². The van der Waals surface area contributed by atoms with Gasteiger partial charge in [-0.2, -0.15) is 0 Å². The molecule has 32 heavy (non-hydrogen) atoms. The van der Waals surface area contributed by atoms with Crippen molar-refractivity contribution < 1.29 is 9.59 Å². The van der Waals surface area contributed by atoms with Gasteiger partial charge in [-0.1, -0.05) is 27.5 Å². The lowest BCUT2D eigenvalue weighted by Crippen LogP contribution is -2.17. The van der Waals surface area contributed by atoms with Crippen molar-refractivity contribution in [2.45, 2.75) is 0 Å². The number of nitrogens with one attached hydrogen (secondary N) is 3. The van der Waals surface area contributed by atoms with Crippen molar-refractivity contribution in [2.75, 3.05) is 17.7 Å². The van der Waals surface area contributed by atoms with Crippen molar-refractivity contribution in [3.05, 3.63) is 81.3 Å². The van der Waals surface area contributed by atoms with Gasteiger partial charge in [-0.15, -0.1) is 0 Å². The summed E-state index contributed by atoms with van der Waals surface area (Å²) in [5.74, 6) is 0.123. The maximum Gasteiger partial charge on any atom is 0.255 e. The summed E-state index contributed by atoms with van der Waals surface area (Å²) in [6, 6.07) is 17.7. The second-order valence-electron chi connectivity index (χ2n) is 7.06. The van der Waals surface area contributed by atoms with Crippen LogP contribution in [0.5, 0.6) is 0 Å². The third kappa shape index (κ3) is 4.46. The minimum Gasteiger partial charge on any atom is -0.355 e. The number of fused-ring (bicyclic) bond motifs is 1. The first kappa shape index (κ1) is 21.9. The van der Waals surface area contributed by atoms with Crippen molar-refractivity contribution in [3.63, 3.8) is 0 Å². The average molecular weight is 513 g/mol. The van der Waals surface area contributed by atoms with Gasteiger partial charge < -0.3 is 20.5 Å². The molecule has 0 aliphatic heterocycles. The molecule has 0 fully saturated rings. The molecule has 3 aromatic carbocycles. The van der Waals surface area contributed by atoms with Crippen LogP contribution in [0, 0.1) is 0 Å². The normalized spacial score (nSPS) is 10.8. The molecule has 0 radical (unpaired) electrons. The zero-order valence-electron chi connectivity index (χ0n) is 17.2. The second kappa shape index (κ2) is 9.02. The lowest BCUT2D eigenvalue weighted by molar-refractivity contribution is 0.0962. The summed E-state index contributed by atoms with van der Waals surface area (Å²) in [4.78, 5) is 29.1. The highest BCUT2D eigenvalue weighted by Gasteiger charge is 2.14. The van der Waals surface area contributed by atoms with Crippen molar-refractivity contribution in [3.8, 4) is 0 Å². The van der Waals surface area contributed by atoms with Crippen LogP contribution in [0.3, 0.4) is 0 Å². The van der Waals surface area contributed by atoms with E-state index in [9.17, 15) is 9.59 Å². The van der Waals surface area contributed by atoms with Gasteiger partial charge in [-0.25, -0.2) is 4.98 Å². The van der Waals surface area contributed by atoms with E-state index in [2.05, 4.69) is 36.9 Å². The molecule has 0 unspecified atom stereocenters. The summed E-state index contributed by atoms with van der Waals surface area (Å²) in [6.07, 6.45) is 0. The van der Waals surface area contributed by atoms with Crippen molar-refractivity contribution in [1.82, 2.24) is 14.9 Å². The average Bonchev–Trinajstić information content (AvgIpc) is 3.10. The maximum atomic E-state index is 12.7. The summed E-state index contributed by atoms with van der Waals surface area (Å²) < 4.78 is 2.81. The van der Waals surface area contributed by atoms with Gasteiger partial charge in [0.1, 0.15) is 0 Å². The van der Waals surface area contributed by atoms with E-state index in [4.69, 9.17) is 11.6 Å². The third-order valence-electron chi connectivity index (χ3n) is 4.95. The Morgan fingerprint density at radius 1 is 0.969 bits per heavy atom. The number of amides is 2. The lowest BCUT2D eigenvalue weighted by atomic mass is 10.2. The molecular formula is C23H19BrClN5O2. The minimum atomic E-state index is -0.220. The highest BCUT2D eigenvalue weighted by molar-refractivity contribution is 9.10. The Balaban J connectivity index is 1.58. The van der Waals surface area contributed by atoms with Gasteiger partial charge in [0, 0.05) is 35.4 Å². The van der Waals surface area contributed by atoms with Crippen LogP contribution in [0.4, 0.5) is 17.3 Å². The number of carbonyl (C=O) groups excluding carboxylic acids is 2. The van der Waals surface area contributed by atoms with Crippen LogP contribution in [0.25, 0.3) is 11.0 Å². The molecule has 4 aromatic rings. The van der Waals surface area contributed by atoms with Crippen LogP contribution in [0.15, 0.2) is 65.1 Å². The van der Waals surface area contributed by atoms with Gasteiger partial charge in [-0.3, -0.25) is 9.59 Å². The number of hydrogen-bond acceptors (Lipinski definition) is 4. The fraction of sp³-hybridized carbons (Fsp3) is 0.0870. The summed E-state index contributed by atoms with van der Waals surface area (Å²) in [5.41, 5.74) is 3.80. The van der Waals surface area contributed by atoms with Crippen LogP contribution >= 0.6 is 27.5 Å². The van der Waals surface area contributed by atoms with Crippen molar-refractivity contribution in [1.29, 1.82) is 0 Å². The summed E-state index contributed by atoms with van der Waals surface area (Å²) in [5, 5.41) is 9.03. The molecule has 0 aliphatic rings. The highest BCUT2D eigenvalue weighted by Crippen LogP contribution is 2.28. The van der Waals surface area contributed by atoms with Crippen LogP contribution < -0.4 is 16.0 Å². The molecular weight excluding hydrogens is 494 g/mol. The molecule has 0 spiro atoms. The molecule has 0 bridgehead atoms.